The van der Waals surface area contributed by atoms with Crippen LogP contribution in [0.15, 0.2) is 24.3 Å². The maximum atomic E-state index is 12.6. The SMILES string of the molecule is CCC(CC)(CN)C(=O)NCc1ccccc1N1CCOCC1.Cl.Cl. The number of carbonyl (C=O) groups is 1. The number of hydrogen-bond donors (Lipinski definition) is 2. The first-order valence-corrected chi connectivity index (χ1v) is 8.56. The normalized spacial score (nSPS) is 14.3. The topological polar surface area (TPSA) is 67.6 Å². The molecule has 144 valence electrons. The van der Waals surface area contributed by atoms with Gasteiger partial charge in [0.1, 0.15) is 0 Å². The van der Waals surface area contributed by atoms with Gasteiger partial charge in [0.15, 0.2) is 0 Å². The molecule has 0 saturated carbocycles. The Bertz CT molecular complexity index is 511. The number of amides is 1. The fourth-order valence-corrected chi connectivity index (χ4v) is 3.09. The van der Waals surface area contributed by atoms with E-state index in [0.29, 0.717) is 13.1 Å². The van der Waals surface area contributed by atoms with E-state index in [1.165, 1.54) is 5.69 Å². The van der Waals surface area contributed by atoms with Crippen LogP contribution in [0.3, 0.4) is 0 Å². The van der Waals surface area contributed by atoms with E-state index in [1.807, 2.05) is 26.0 Å². The Kier molecular flexibility index (Phi) is 11.1. The lowest BCUT2D eigenvalue weighted by atomic mass is 9.81. The van der Waals surface area contributed by atoms with Gasteiger partial charge in [0.2, 0.25) is 5.91 Å². The van der Waals surface area contributed by atoms with Crippen molar-refractivity contribution in [1.29, 1.82) is 0 Å². The molecular formula is C18H31Cl2N3O2. The highest BCUT2D eigenvalue weighted by Crippen LogP contribution is 2.26. The molecule has 0 bridgehead atoms. The summed E-state index contributed by atoms with van der Waals surface area (Å²) in [5.74, 6) is 0.0572. The second kappa shape index (κ2) is 11.6. The summed E-state index contributed by atoms with van der Waals surface area (Å²) < 4.78 is 5.42. The van der Waals surface area contributed by atoms with Gasteiger partial charge >= 0.3 is 0 Å². The van der Waals surface area contributed by atoms with Crippen molar-refractivity contribution in [2.75, 3.05) is 37.7 Å². The zero-order chi connectivity index (χ0) is 16.7. The van der Waals surface area contributed by atoms with Crippen LogP contribution in [-0.4, -0.2) is 38.8 Å². The molecule has 0 spiro atoms. The first-order chi connectivity index (χ1) is 11.2. The molecule has 1 saturated heterocycles. The third-order valence-corrected chi connectivity index (χ3v) is 5.01. The molecule has 5 nitrogen and oxygen atoms in total. The van der Waals surface area contributed by atoms with E-state index in [9.17, 15) is 4.79 Å². The molecule has 0 atom stereocenters. The lowest BCUT2D eigenvalue weighted by Gasteiger charge is -2.31. The summed E-state index contributed by atoms with van der Waals surface area (Å²) >= 11 is 0. The summed E-state index contributed by atoms with van der Waals surface area (Å²) in [6.45, 7) is 8.26. The molecular weight excluding hydrogens is 361 g/mol. The van der Waals surface area contributed by atoms with E-state index >= 15 is 0 Å². The number of rotatable bonds is 7. The van der Waals surface area contributed by atoms with E-state index in [1.54, 1.807) is 0 Å². The molecule has 7 heteroatoms. The van der Waals surface area contributed by atoms with Gasteiger partial charge in [-0.25, -0.2) is 0 Å². The van der Waals surface area contributed by atoms with E-state index in [4.69, 9.17) is 10.5 Å². The quantitative estimate of drug-likeness (QED) is 0.749. The number of nitrogens with one attached hydrogen (secondary N) is 1. The summed E-state index contributed by atoms with van der Waals surface area (Å²) in [4.78, 5) is 14.9. The van der Waals surface area contributed by atoms with Crippen molar-refractivity contribution in [1.82, 2.24) is 5.32 Å². The molecule has 0 radical (unpaired) electrons. The highest BCUT2D eigenvalue weighted by atomic mass is 35.5. The molecule has 1 fully saturated rings. The van der Waals surface area contributed by atoms with E-state index in [2.05, 4.69) is 22.3 Å². The van der Waals surface area contributed by atoms with Gasteiger partial charge in [-0.15, -0.1) is 24.8 Å². The second-order valence-corrected chi connectivity index (χ2v) is 6.10. The number of ether oxygens (including phenoxy) is 1. The predicted octanol–water partition coefficient (Wildman–Crippen LogP) is 2.75. The van der Waals surface area contributed by atoms with E-state index < -0.39 is 5.41 Å². The standard InChI is InChI=1S/C18H29N3O2.2ClH/c1-3-18(4-2,14-19)17(22)20-13-15-7-5-6-8-16(15)21-9-11-23-12-10-21;;/h5-8H,3-4,9-14,19H2,1-2H3,(H,20,22);2*1H. The highest BCUT2D eigenvalue weighted by molar-refractivity contribution is 5.85. The minimum Gasteiger partial charge on any atom is -0.378 e. The maximum absolute atomic E-state index is 12.6. The molecule has 0 aliphatic carbocycles. The van der Waals surface area contributed by atoms with Gasteiger partial charge in [0, 0.05) is 31.9 Å². The minimum absolute atomic E-state index is 0. The van der Waals surface area contributed by atoms with Crippen LogP contribution in [-0.2, 0) is 16.1 Å². The van der Waals surface area contributed by atoms with Crippen LogP contribution < -0.4 is 16.0 Å². The molecule has 1 aliphatic heterocycles. The Morgan fingerprint density at radius 1 is 1.20 bits per heavy atom. The Labute approximate surface area is 163 Å². The van der Waals surface area contributed by atoms with Crippen LogP contribution in [0.2, 0.25) is 0 Å². The molecule has 25 heavy (non-hydrogen) atoms. The number of morpholine rings is 1. The van der Waals surface area contributed by atoms with E-state index in [0.717, 1.165) is 44.7 Å². The third kappa shape index (κ3) is 5.74. The van der Waals surface area contributed by atoms with Crippen molar-refractivity contribution in [3.05, 3.63) is 29.8 Å². The van der Waals surface area contributed by atoms with E-state index in [-0.39, 0.29) is 30.7 Å². The molecule has 1 amide bonds. The lowest BCUT2D eigenvalue weighted by molar-refractivity contribution is -0.131. The van der Waals surface area contributed by atoms with Crippen LogP contribution in [0, 0.1) is 5.41 Å². The van der Waals surface area contributed by atoms with Gasteiger partial charge in [-0.3, -0.25) is 4.79 Å². The van der Waals surface area contributed by atoms with Crippen LogP contribution in [0.5, 0.6) is 0 Å². The zero-order valence-electron chi connectivity index (χ0n) is 15.1. The summed E-state index contributed by atoms with van der Waals surface area (Å²) in [5, 5.41) is 3.10. The fourth-order valence-electron chi connectivity index (χ4n) is 3.09. The molecule has 0 aromatic heterocycles. The number of para-hydroxylation sites is 1. The molecule has 2 rings (SSSR count). The molecule has 3 N–H and O–H groups in total. The van der Waals surface area contributed by atoms with Crippen molar-refractivity contribution in [3.8, 4) is 0 Å². The Morgan fingerprint density at radius 3 is 2.36 bits per heavy atom. The smallest absolute Gasteiger partial charge is 0.227 e. The van der Waals surface area contributed by atoms with Crippen LogP contribution in [0.25, 0.3) is 0 Å². The van der Waals surface area contributed by atoms with Crippen LogP contribution in [0.1, 0.15) is 32.3 Å². The molecule has 1 heterocycles. The Balaban J connectivity index is 0.00000288. The minimum atomic E-state index is -0.450. The predicted molar refractivity (Wildman–Crippen MR) is 108 cm³/mol. The Hall–Kier alpha value is -1.01. The molecule has 1 aromatic carbocycles. The monoisotopic (exact) mass is 391 g/mol. The number of halogens is 2. The van der Waals surface area contributed by atoms with Gasteiger partial charge in [-0.2, -0.15) is 0 Å². The highest BCUT2D eigenvalue weighted by Gasteiger charge is 2.33. The van der Waals surface area contributed by atoms with Gasteiger partial charge in [0.05, 0.1) is 18.6 Å². The van der Waals surface area contributed by atoms with Crippen LogP contribution in [0.4, 0.5) is 5.69 Å². The van der Waals surface area contributed by atoms with Crippen molar-refractivity contribution < 1.29 is 9.53 Å². The largest absolute Gasteiger partial charge is 0.378 e. The summed E-state index contributed by atoms with van der Waals surface area (Å²) in [7, 11) is 0. The second-order valence-electron chi connectivity index (χ2n) is 6.10. The number of carbonyl (C=O) groups excluding carboxylic acids is 1. The first-order valence-electron chi connectivity index (χ1n) is 8.56. The third-order valence-electron chi connectivity index (χ3n) is 5.01. The zero-order valence-corrected chi connectivity index (χ0v) is 16.8. The van der Waals surface area contributed by atoms with Crippen LogP contribution >= 0.6 is 24.8 Å². The summed E-state index contributed by atoms with van der Waals surface area (Å²) in [6, 6.07) is 8.25. The van der Waals surface area contributed by atoms with Gasteiger partial charge < -0.3 is 20.7 Å². The van der Waals surface area contributed by atoms with Crippen molar-refractivity contribution in [2.24, 2.45) is 11.1 Å². The Morgan fingerprint density at radius 2 is 1.80 bits per heavy atom. The van der Waals surface area contributed by atoms with Crippen molar-refractivity contribution in [3.63, 3.8) is 0 Å². The number of nitrogens with zero attached hydrogens (tertiary/aromatic N) is 1. The maximum Gasteiger partial charge on any atom is 0.227 e. The van der Waals surface area contributed by atoms with Gasteiger partial charge in [0.25, 0.3) is 0 Å². The first kappa shape index (κ1) is 24.0. The van der Waals surface area contributed by atoms with Crippen molar-refractivity contribution in [2.45, 2.75) is 33.2 Å². The molecule has 1 aromatic rings. The average molecular weight is 392 g/mol. The molecule has 0 unspecified atom stereocenters. The number of benzene rings is 1. The number of nitrogens with two attached hydrogens (primary N) is 1. The number of anilines is 1. The summed E-state index contributed by atoms with van der Waals surface area (Å²) in [5.41, 5.74) is 7.73. The van der Waals surface area contributed by atoms with Crippen molar-refractivity contribution >= 4 is 36.4 Å². The average Bonchev–Trinajstić information content (AvgIpc) is 2.63. The number of hydrogen-bond acceptors (Lipinski definition) is 4. The molecule has 1 aliphatic rings. The van der Waals surface area contributed by atoms with Gasteiger partial charge in [-0.1, -0.05) is 32.0 Å². The summed E-state index contributed by atoms with van der Waals surface area (Å²) in [6.07, 6.45) is 1.52. The lowest BCUT2D eigenvalue weighted by Crippen LogP contribution is -2.45. The van der Waals surface area contributed by atoms with Gasteiger partial charge in [-0.05, 0) is 24.5 Å². The fraction of sp³-hybridized carbons (Fsp3) is 0.611.